The first-order valence-corrected chi connectivity index (χ1v) is 9.03. The zero-order valence-electron chi connectivity index (χ0n) is 15.6. The minimum absolute atomic E-state index is 0.0248. The first-order valence-electron chi connectivity index (χ1n) is 8.65. The summed E-state index contributed by atoms with van der Waals surface area (Å²) >= 11 is 6.24. The van der Waals surface area contributed by atoms with E-state index in [1.54, 1.807) is 42.1 Å². The molecule has 1 amide bonds. The van der Waals surface area contributed by atoms with Gasteiger partial charge in [0.25, 0.3) is 5.91 Å². The molecule has 1 aromatic carbocycles. The smallest absolute Gasteiger partial charge is 0.271 e. The monoisotopic (exact) mass is 400 g/mol. The molecule has 0 aliphatic rings. The average Bonchev–Trinajstić information content (AvgIpc) is 3.03. The Kier molecular flexibility index (Phi) is 6.13. The number of aliphatic hydroxyl groups excluding tert-OH is 1. The van der Waals surface area contributed by atoms with Gasteiger partial charge in [-0.25, -0.2) is 9.67 Å². The predicted octanol–water partition coefficient (Wildman–Crippen LogP) is 3.07. The van der Waals surface area contributed by atoms with Crippen LogP contribution in [0.4, 0.5) is 17.3 Å². The number of rotatable bonds is 7. The van der Waals surface area contributed by atoms with Gasteiger partial charge in [0.2, 0.25) is 0 Å². The first-order chi connectivity index (χ1) is 13.5. The number of amides is 1. The van der Waals surface area contributed by atoms with Gasteiger partial charge in [0.15, 0.2) is 0 Å². The molecule has 0 unspecified atom stereocenters. The molecule has 146 valence electrons. The third-order valence-corrected chi connectivity index (χ3v) is 4.24. The molecule has 0 aliphatic heterocycles. The van der Waals surface area contributed by atoms with Crippen LogP contribution in [-0.4, -0.2) is 44.4 Å². The SMILES string of the molecule is Cc1cc(Nc2cc(NN(C)C(=O)c3ccccc3)c(Cl)cn2)n(CCO)n1. The lowest BCUT2D eigenvalue weighted by atomic mass is 10.2. The Bertz CT molecular complexity index is 960. The number of anilines is 3. The quantitative estimate of drug-likeness (QED) is 0.527. The minimum atomic E-state index is -0.195. The van der Waals surface area contributed by atoms with Crippen LogP contribution in [-0.2, 0) is 6.54 Å². The van der Waals surface area contributed by atoms with Crippen molar-refractivity contribution in [3.8, 4) is 0 Å². The highest BCUT2D eigenvalue weighted by Crippen LogP contribution is 2.26. The van der Waals surface area contributed by atoms with Gasteiger partial charge in [-0.3, -0.25) is 15.2 Å². The van der Waals surface area contributed by atoms with Crippen molar-refractivity contribution < 1.29 is 9.90 Å². The fourth-order valence-corrected chi connectivity index (χ4v) is 2.79. The molecule has 0 atom stereocenters. The molecule has 8 nitrogen and oxygen atoms in total. The van der Waals surface area contributed by atoms with Crippen molar-refractivity contribution in [3.05, 3.63) is 64.9 Å². The van der Waals surface area contributed by atoms with E-state index in [-0.39, 0.29) is 12.5 Å². The van der Waals surface area contributed by atoms with Crippen LogP contribution in [0.1, 0.15) is 16.1 Å². The fraction of sp³-hybridized carbons (Fsp3) is 0.211. The standard InChI is InChI=1S/C19H21ClN6O2/c1-13-10-18(26(23-13)8-9-27)22-17-11-16(15(20)12-21-17)24-25(2)19(28)14-6-4-3-5-7-14/h3-7,10-12,27H,8-9H2,1-2H3,(H2,21,22,24). The largest absolute Gasteiger partial charge is 0.394 e. The molecule has 0 radical (unpaired) electrons. The Balaban J connectivity index is 1.77. The van der Waals surface area contributed by atoms with Crippen LogP contribution in [0, 0.1) is 6.92 Å². The number of carbonyl (C=O) groups excluding carboxylic acids is 1. The van der Waals surface area contributed by atoms with Crippen LogP contribution in [0.15, 0.2) is 48.7 Å². The third-order valence-electron chi connectivity index (χ3n) is 3.94. The highest BCUT2D eigenvalue weighted by Gasteiger charge is 2.14. The van der Waals surface area contributed by atoms with E-state index >= 15 is 0 Å². The number of hydrogen-bond donors (Lipinski definition) is 3. The number of benzene rings is 1. The molecule has 0 saturated heterocycles. The molecule has 28 heavy (non-hydrogen) atoms. The Morgan fingerprint density at radius 2 is 2.04 bits per heavy atom. The molecule has 0 aliphatic carbocycles. The second-order valence-corrected chi connectivity index (χ2v) is 6.54. The van der Waals surface area contributed by atoms with Crippen LogP contribution in [0.2, 0.25) is 5.02 Å². The van der Waals surface area contributed by atoms with E-state index in [1.807, 2.05) is 19.1 Å². The zero-order valence-corrected chi connectivity index (χ0v) is 16.3. The minimum Gasteiger partial charge on any atom is -0.394 e. The van der Waals surface area contributed by atoms with Gasteiger partial charge in [0.1, 0.15) is 11.6 Å². The summed E-state index contributed by atoms with van der Waals surface area (Å²) in [6.45, 7) is 2.21. The maximum absolute atomic E-state index is 12.5. The van der Waals surface area contributed by atoms with Crippen molar-refractivity contribution in [2.75, 3.05) is 24.4 Å². The third kappa shape index (κ3) is 4.59. The van der Waals surface area contributed by atoms with Crippen molar-refractivity contribution in [3.63, 3.8) is 0 Å². The highest BCUT2D eigenvalue weighted by atomic mass is 35.5. The van der Waals surface area contributed by atoms with Crippen molar-refractivity contribution in [1.82, 2.24) is 19.8 Å². The van der Waals surface area contributed by atoms with Gasteiger partial charge >= 0.3 is 0 Å². The van der Waals surface area contributed by atoms with E-state index in [1.165, 1.54) is 11.2 Å². The van der Waals surface area contributed by atoms with E-state index in [2.05, 4.69) is 20.8 Å². The number of hydrazine groups is 1. The van der Waals surface area contributed by atoms with Crippen molar-refractivity contribution in [2.24, 2.45) is 0 Å². The van der Waals surface area contributed by atoms with Crippen LogP contribution in [0.25, 0.3) is 0 Å². The Morgan fingerprint density at radius 3 is 2.75 bits per heavy atom. The summed E-state index contributed by atoms with van der Waals surface area (Å²) in [4.78, 5) is 16.8. The lowest BCUT2D eigenvalue weighted by Gasteiger charge is -2.21. The number of aliphatic hydroxyl groups is 1. The molecule has 2 heterocycles. The van der Waals surface area contributed by atoms with Gasteiger partial charge in [0.05, 0.1) is 35.8 Å². The summed E-state index contributed by atoms with van der Waals surface area (Å²) < 4.78 is 1.66. The normalized spacial score (nSPS) is 10.6. The number of aryl methyl sites for hydroxylation is 1. The summed E-state index contributed by atoms with van der Waals surface area (Å²) in [5.41, 5.74) is 4.89. The Morgan fingerprint density at radius 1 is 1.29 bits per heavy atom. The molecule has 0 saturated carbocycles. The maximum Gasteiger partial charge on any atom is 0.271 e. The molecule has 0 fully saturated rings. The molecule has 2 aromatic heterocycles. The second-order valence-electron chi connectivity index (χ2n) is 6.13. The average molecular weight is 401 g/mol. The van der Waals surface area contributed by atoms with Crippen LogP contribution >= 0.6 is 11.6 Å². The Labute approximate surface area is 167 Å². The van der Waals surface area contributed by atoms with E-state index < -0.39 is 0 Å². The lowest BCUT2D eigenvalue weighted by molar-refractivity contribution is 0.0826. The Hall–Kier alpha value is -3.10. The van der Waals surface area contributed by atoms with E-state index in [0.717, 1.165) is 5.69 Å². The summed E-state index contributed by atoms with van der Waals surface area (Å²) in [6.07, 6.45) is 1.49. The predicted molar refractivity (Wildman–Crippen MR) is 109 cm³/mol. The van der Waals surface area contributed by atoms with Gasteiger partial charge in [-0.15, -0.1) is 0 Å². The molecule has 0 bridgehead atoms. The summed E-state index contributed by atoms with van der Waals surface area (Å²) in [7, 11) is 1.62. The number of carbonyl (C=O) groups is 1. The van der Waals surface area contributed by atoms with Gasteiger partial charge in [-0.05, 0) is 19.1 Å². The molecular formula is C19H21ClN6O2. The number of halogens is 1. The molecule has 0 spiro atoms. The van der Waals surface area contributed by atoms with Crippen molar-refractivity contribution >= 4 is 34.8 Å². The number of hydrogen-bond acceptors (Lipinski definition) is 6. The molecule has 3 rings (SSSR count). The van der Waals surface area contributed by atoms with Gasteiger partial charge in [-0.1, -0.05) is 29.8 Å². The van der Waals surface area contributed by atoms with Crippen molar-refractivity contribution in [1.29, 1.82) is 0 Å². The summed E-state index contributed by atoms with van der Waals surface area (Å²) in [5, 5.41) is 18.4. The molecular weight excluding hydrogens is 380 g/mol. The first kappa shape index (κ1) is 19.7. The maximum atomic E-state index is 12.5. The number of aromatic nitrogens is 3. The number of nitrogens with zero attached hydrogens (tertiary/aromatic N) is 4. The van der Waals surface area contributed by atoms with Crippen LogP contribution in [0.3, 0.4) is 0 Å². The van der Waals surface area contributed by atoms with E-state index in [9.17, 15) is 9.90 Å². The van der Waals surface area contributed by atoms with Crippen molar-refractivity contribution in [2.45, 2.75) is 13.5 Å². The second kappa shape index (κ2) is 8.73. The molecule has 9 heteroatoms. The molecule has 3 N–H and O–H groups in total. The van der Waals surface area contributed by atoms with Crippen LogP contribution < -0.4 is 10.7 Å². The van der Waals surface area contributed by atoms with Gasteiger partial charge < -0.3 is 10.4 Å². The number of nitrogens with one attached hydrogen (secondary N) is 2. The molecule has 3 aromatic rings. The number of pyridine rings is 1. The topological polar surface area (TPSA) is 95.3 Å². The summed E-state index contributed by atoms with van der Waals surface area (Å²) in [6, 6.07) is 12.5. The lowest BCUT2D eigenvalue weighted by Crippen LogP contribution is -2.32. The fourth-order valence-electron chi connectivity index (χ4n) is 2.64. The van der Waals surface area contributed by atoms with Crippen LogP contribution in [0.5, 0.6) is 0 Å². The van der Waals surface area contributed by atoms with Gasteiger partial charge in [-0.2, -0.15) is 5.10 Å². The highest BCUT2D eigenvalue weighted by molar-refractivity contribution is 6.33. The summed E-state index contributed by atoms with van der Waals surface area (Å²) in [5.74, 6) is 1.02. The van der Waals surface area contributed by atoms with E-state index in [0.29, 0.717) is 34.5 Å². The van der Waals surface area contributed by atoms with Gasteiger partial charge in [0, 0.05) is 24.7 Å². The zero-order chi connectivity index (χ0) is 20.1. The van der Waals surface area contributed by atoms with E-state index in [4.69, 9.17) is 11.6 Å².